The van der Waals surface area contributed by atoms with Crippen molar-refractivity contribution in [1.29, 1.82) is 0 Å². The average Bonchev–Trinajstić information content (AvgIpc) is 2.73. The van der Waals surface area contributed by atoms with E-state index < -0.39 is 0 Å². The summed E-state index contributed by atoms with van der Waals surface area (Å²) in [6.45, 7) is 3.16. The second kappa shape index (κ2) is 6.18. The van der Waals surface area contributed by atoms with Crippen molar-refractivity contribution in [2.45, 2.75) is 31.0 Å². The summed E-state index contributed by atoms with van der Waals surface area (Å²) >= 11 is 13.9. The fourth-order valence-electron chi connectivity index (χ4n) is 1.93. The first kappa shape index (κ1) is 14.0. The van der Waals surface area contributed by atoms with E-state index in [2.05, 4.69) is 22.7 Å². The molecule has 0 saturated heterocycles. The van der Waals surface area contributed by atoms with Crippen molar-refractivity contribution in [3.05, 3.63) is 29.0 Å². The fraction of sp³-hybridized carbons (Fsp3) is 0.462. The van der Waals surface area contributed by atoms with Crippen LogP contribution in [0.4, 0.5) is 0 Å². The smallest absolute Gasteiger partial charge is 0.124 e. The number of benzene rings is 1. The maximum absolute atomic E-state index is 6.05. The molecule has 1 atom stereocenters. The minimum atomic E-state index is 0.431. The van der Waals surface area contributed by atoms with Crippen LogP contribution in [0.5, 0.6) is 0 Å². The van der Waals surface area contributed by atoms with Crippen LogP contribution in [-0.2, 0) is 12.4 Å². The zero-order chi connectivity index (χ0) is 13.1. The minimum Gasteiger partial charge on any atom is -0.327 e. The Labute approximate surface area is 122 Å². The first-order valence-electron chi connectivity index (χ1n) is 5.89. The molecule has 0 radical (unpaired) electrons. The van der Waals surface area contributed by atoms with Crippen LogP contribution in [0.25, 0.3) is 11.0 Å². The third kappa shape index (κ3) is 2.95. The van der Waals surface area contributed by atoms with Gasteiger partial charge in [-0.15, -0.1) is 11.6 Å². The minimum absolute atomic E-state index is 0.431. The monoisotopic (exact) mass is 302 g/mol. The van der Waals surface area contributed by atoms with Gasteiger partial charge in [0.25, 0.3) is 0 Å². The van der Waals surface area contributed by atoms with Crippen molar-refractivity contribution in [3.63, 3.8) is 0 Å². The third-order valence-corrected chi connectivity index (χ3v) is 4.59. The molecule has 0 amide bonds. The molecule has 5 heteroatoms. The average molecular weight is 303 g/mol. The molecule has 1 heterocycles. The molecule has 2 nitrogen and oxygen atoms in total. The van der Waals surface area contributed by atoms with E-state index in [1.165, 1.54) is 0 Å². The number of hydrogen-bond donors (Lipinski definition) is 0. The summed E-state index contributed by atoms with van der Waals surface area (Å²) in [6.07, 6.45) is 3.24. The van der Waals surface area contributed by atoms with Crippen molar-refractivity contribution in [2.75, 3.05) is 6.26 Å². The highest BCUT2D eigenvalue weighted by molar-refractivity contribution is 7.99. The number of halogens is 2. The van der Waals surface area contributed by atoms with Gasteiger partial charge in [-0.2, -0.15) is 11.8 Å². The van der Waals surface area contributed by atoms with Gasteiger partial charge in [-0.1, -0.05) is 18.5 Å². The lowest BCUT2D eigenvalue weighted by atomic mass is 10.3. The molecule has 0 fully saturated rings. The van der Waals surface area contributed by atoms with E-state index >= 15 is 0 Å². The highest BCUT2D eigenvalue weighted by Gasteiger charge is 2.11. The summed E-state index contributed by atoms with van der Waals surface area (Å²) in [6, 6.07) is 5.77. The maximum Gasteiger partial charge on any atom is 0.124 e. The molecule has 2 aromatic rings. The molecule has 1 aromatic carbocycles. The highest BCUT2D eigenvalue weighted by atomic mass is 35.5. The van der Waals surface area contributed by atoms with Crippen LogP contribution in [0.15, 0.2) is 18.2 Å². The van der Waals surface area contributed by atoms with Gasteiger partial charge >= 0.3 is 0 Å². The van der Waals surface area contributed by atoms with Crippen molar-refractivity contribution in [2.24, 2.45) is 0 Å². The molecule has 0 spiro atoms. The molecule has 1 unspecified atom stereocenters. The Morgan fingerprint density at radius 2 is 2.22 bits per heavy atom. The number of alkyl halides is 1. The van der Waals surface area contributed by atoms with Crippen LogP contribution in [-0.4, -0.2) is 21.1 Å². The quantitative estimate of drug-likeness (QED) is 0.753. The summed E-state index contributed by atoms with van der Waals surface area (Å²) in [7, 11) is 0. The number of aryl methyl sites for hydroxylation is 1. The van der Waals surface area contributed by atoms with Crippen LogP contribution in [0.1, 0.15) is 19.2 Å². The lowest BCUT2D eigenvalue weighted by molar-refractivity contribution is 0.636. The summed E-state index contributed by atoms with van der Waals surface area (Å²) in [5, 5.41) is 1.37. The van der Waals surface area contributed by atoms with Crippen molar-refractivity contribution < 1.29 is 0 Å². The zero-order valence-electron chi connectivity index (χ0n) is 10.5. The molecule has 0 N–H and O–H groups in total. The Morgan fingerprint density at radius 3 is 2.89 bits per heavy atom. The van der Waals surface area contributed by atoms with Gasteiger partial charge in [0.2, 0.25) is 0 Å². The first-order chi connectivity index (χ1) is 8.65. The Kier molecular flexibility index (Phi) is 4.82. The zero-order valence-corrected chi connectivity index (χ0v) is 12.8. The van der Waals surface area contributed by atoms with Gasteiger partial charge in [-0.25, -0.2) is 4.98 Å². The van der Waals surface area contributed by atoms with Gasteiger partial charge < -0.3 is 4.57 Å². The largest absolute Gasteiger partial charge is 0.327 e. The van der Waals surface area contributed by atoms with Crippen molar-refractivity contribution in [3.8, 4) is 0 Å². The molecule has 98 valence electrons. The molecule has 0 aliphatic heterocycles. The van der Waals surface area contributed by atoms with Crippen LogP contribution < -0.4 is 0 Å². The summed E-state index contributed by atoms with van der Waals surface area (Å²) in [5.41, 5.74) is 2.04. The molecule has 0 aliphatic rings. The summed E-state index contributed by atoms with van der Waals surface area (Å²) < 4.78 is 2.18. The predicted octanol–water partition coefficient (Wildman–Crippen LogP) is 4.57. The molecule has 0 saturated carbocycles. The van der Waals surface area contributed by atoms with E-state index in [0.29, 0.717) is 11.1 Å². The van der Waals surface area contributed by atoms with Crippen molar-refractivity contribution in [1.82, 2.24) is 9.55 Å². The highest BCUT2D eigenvalue weighted by Crippen LogP contribution is 2.23. The standard InChI is InChI=1S/C13H16Cl2N2S/c1-9(18-2)5-6-17-12-7-10(15)3-4-11(12)16-13(17)8-14/h3-4,7,9H,5-6,8H2,1-2H3. The fourth-order valence-corrected chi connectivity index (χ4v) is 2.64. The number of fused-ring (bicyclic) bond motifs is 1. The maximum atomic E-state index is 6.05. The second-order valence-corrected chi connectivity index (χ2v) is 6.26. The topological polar surface area (TPSA) is 17.8 Å². The van der Waals surface area contributed by atoms with Crippen LogP contribution in [0.2, 0.25) is 5.02 Å². The Morgan fingerprint density at radius 1 is 1.44 bits per heavy atom. The molecule has 0 aliphatic carbocycles. The Bertz CT molecular complexity index is 539. The number of aromatic nitrogens is 2. The third-order valence-electron chi connectivity index (χ3n) is 3.07. The van der Waals surface area contributed by atoms with Gasteiger partial charge in [0.05, 0.1) is 16.9 Å². The number of nitrogens with zero attached hydrogens (tertiary/aromatic N) is 2. The SMILES string of the molecule is CSC(C)CCn1c(CCl)nc2ccc(Cl)cc21. The number of rotatable bonds is 5. The molecule has 0 bridgehead atoms. The van der Waals surface area contributed by atoms with E-state index in [4.69, 9.17) is 23.2 Å². The lowest BCUT2D eigenvalue weighted by Crippen LogP contribution is -2.07. The number of hydrogen-bond acceptors (Lipinski definition) is 2. The van der Waals surface area contributed by atoms with Crippen LogP contribution >= 0.6 is 35.0 Å². The van der Waals surface area contributed by atoms with Crippen LogP contribution in [0, 0.1) is 0 Å². The molecular formula is C13H16Cl2N2S. The van der Waals surface area contributed by atoms with Gasteiger partial charge in [0.15, 0.2) is 0 Å². The van der Waals surface area contributed by atoms with E-state index in [1.807, 2.05) is 30.0 Å². The van der Waals surface area contributed by atoms with Crippen LogP contribution in [0.3, 0.4) is 0 Å². The molecule has 18 heavy (non-hydrogen) atoms. The van der Waals surface area contributed by atoms with Gasteiger partial charge in [0.1, 0.15) is 5.82 Å². The lowest BCUT2D eigenvalue weighted by Gasteiger charge is -2.11. The summed E-state index contributed by atoms with van der Waals surface area (Å²) in [4.78, 5) is 4.54. The van der Waals surface area contributed by atoms with E-state index in [-0.39, 0.29) is 0 Å². The molecule has 1 aromatic heterocycles. The van der Waals surface area contributed by atoms with E-state index in [9.17, 15) is 0 Å². The summed E-state index contributed by atoms with van der Waals surface area (Å²) in [5.74, 6) is 1.35. The van der Waals surface area contributed by atoms with Gasteiger partial charge in [-0.05, 0) is 30.9 Å². The molecular weight excluding hydrogens is 287 g/mol. The number of thioether (sulfide) groups is 1. The molecule has 2 rings (SSSR count). The Hall–Kier alpha value is -0.380. The Balaban J connectivity index is 2.36. The van der Waals surface area contributed by atoms with E-state index in [0.717, 1.165) is 34.8 Å². The number of imidazole rings is 1. The van der Waals surface area contributed by atoms with Gasteiger partial charge in [0, 0.05) is 16.8 Å². The first-order valence-corrected chi connectivity index (χ1v) is 8.09. The normalized spacial score (nSPS) is 13.1. The van der Waals surface area contributed by atoms with E-state index in [1.54, 1.807) is 0 Å². The van der Waals surface area contributed by atoms with Gasteiger partial charge in [-0.3, -0.25) is 0 Å². The van der Waals surface area contributed by atoms with Crippen molar-refractivity contribution >= 4 is 46.0 Å². The predicted molar refractivity (Wildman–Crippen MR) is 81.9 cm³/mol. The second-order valence-electron chi connectivity index (χ2n) is 4.28.